The van der Waals surface area contributed by atoms with Crippen LogP contribution in [-0.2, 0) is 19.6 Å². The molecule has 1 aromatic rings. The molecule has 0 heterocycles. The summed E-state index contributed by atoms with van der Waals surface area (Å²) in [5.41, 5.74) is 0. The fraction of sp³-hybridized carbons (Fsp3) is 0.462. The molecule has 0 aliphatic rings. The van der Waals surface area contributed by atoms with Gasteiger partial charge in [0.15, 0.2) is 0 Å². The highest BCUT2D eigenvalue weighted by molar-refractivity contribution is 7.89. The summed E-state index contributed by atoms with van der Waals surface area (Å²) in [6, 6.07) is 6.17. The number of nitrogens with one attached hydrogen (secondary N) is 1. The van der Waals surface area contributed by atoms with E-state index in [1.165, 1.54) is 19.2 Å². The van der Waals surface area contributed by atoms with Crippen molar-refractivity contribution in [2.24, 2.45) is 0 Å². The molecule has 0 unspecified atom stereocenters. The van der Waals surface area contributed by atoms with Gasteiger partial charge in [0.1, 0.15) is 5.75 Å². The molecule has 0 aliphatic carbocycles. The molecular formula is C13H19NO5S. The van der Waals surface area contributed by atoms with E-state index in [0.29, 0.717) is 18.8 Å². The number of carbonyl (C=O) groups excluding carboxylic acids is 1. The van der Waals surface area contributed by atoms with Gasteiger partial charge in [0.05, 0.1) is 18.6 Å². The van der Waals surface area contributed by atoms with Gasteiger partial charge in [0, 0.05) is 13.0 Å². The van der Waals surface area contributed by atoms with Crippen LogP contribution in [0.5, 0.6) is 5.75 Å². The van der Waals surface area contributed by atoms with Gasteiger partial charge in [-0.15, -0.1) is 0 Å². The number of rotatable bonds is 8. The Morgan fingerprint density at radius 1 is 1.25 bits per heavy atom. The first-order valence-corrected chi connectivity index (χ1v) is 7.77. The van der Waals surface area contributed by atoms with Crippen LogP contribution in [0.4, 0.5) is 0 Å². The molecule has 0 aromatic heterocycles. The van der Waals surface area contributed by atoms with Crippen molar-refractivity contribution in [1.82, 2.24) is 4.72 Å². The molecule has 1 aromatic carbocycles. The highest BCUT2D eigenvalue weighted by Gasteiger charge is 2.13. The molecule has 1 N–H and O–H groups in total. The molecule has 0 spiro atoms. The van der Waals surface area contributed by atoms with Crippen molar-refractivity contribution < 1.29 is 22.7 Å². The van der Waals surface area contributed by atoms with Crippen LogP contribution >= 0.6 is 0 Å². The zero-order valence-electron chi connectivity index (χ0n) is 11.6. The zero-order chi connectivity index (χ0) is 15.0. The predicted octanol–water partition coefficient (Wildman–Crippen LogP) is 1.32. The first-order chi connectivity index (χ1) is 9.49. The number of ether oxygens (including phenoxy) is 2. The molecule has 1 rings (SSSR count). The average molecular weight is 301 g/mol. The van der Waals surface area contributed by atoms with E-state index in [-0.39, 0.29) is 23.8 Å². The highest BCUT2D eigenvalue weighted by atomic mass is 32.2. The van der Waals surface area contributed by atoms with E-state index in [9.17, 15) is 13.2 Å². The summed E-state index contributed by atoms with van der Waals surface area (Å²) >= 11 is 0. The Morgan fingerprint density at radius 2 is 1.90 bits per heavy atom. The van der Waals surface area contributed by atoms with Crippen LogP contribution in [0.3, 0.4) is 0 Å². The second kappa shape index (κ2) is 7.86. The Bertz CT molecular complexity index is 524. The number of esters is 1. The third-order valence-electron chi connectivity index (χ3n) is 2.52. The summed E-state index contributed by atoms with van der Waals surface area (Å²) in [5, 5.41) is 0. The maximum atomic E-state index is 11.9. The molecule has 0 saturated heterocycles. The van der Waals surface area contributed by atoms with Gasteiger partial charge in [-0.2, -0.15) is 0 Å². The highest BCUT2D eigenvalue weighted by Crippen LogP contribution is 2.15. The predicted molar refractivity (Wildman–Crippen MR) is 74.0 cm³/mol. The first kappa shape index (κ1) is 16.5. The van der Waals surface area contributed by atoms with Gasteiger partial charge in [-0.1, -0.05) is 0 Å². The van der Waals surface area contributed by atoms with Gasteiger partial charge in [0.2, 0.25) is 10.0 Å². The van der Waals surface area contributed by atoms with Gasteiger partial charge in [-0.05, 0) is 37.6 Å². The summed E-state index contributed by atoms with van der Waals surface area (Å²) in [4.78, 5) is 11.1. The van der Waals surface area contributed by atoms with E-state index in [2.05, 4.69) is 9.46 Å². The third kappa shape index (κ3) is 5.18. The molecule has 0 saturated carbocycles. The monoisotopic (exact) mass is 301 g/mol. The zero-order valence-corrected chi connectivity index (χ0v) is 12.4. The lowest BCUT2D eigenvalue weighted by Crippen LogP contribution is -2.25. The summed E-state index contributed by atoms with van der Waals surface area (Å²) in [5.74, 6) is 0.266. The number of carbonyl (C=O) groups is 1. The van der Waals surface area contributed by atoms with Gasteiger partial charge in [-0.3, -0.25) is 4.79 Å². The van der Waals surface area contributed by atoms with E-state index in [1.54, 1.807) is 12.1 Å². The van der Waals surface area contributed by atoms with Gasteiger partial charge >= 0.3 is 5.97 Å². The summed E-state index contributed by atoms with van der Waals surface area (Å²) in [7, 11) is -2.26. The Balaban J connectivity index is 2.53. The van der Waals surface area contributed by atoms with Crippen molar-refractivity contribution in [3.05, 3.63) is 24.3 Å². The fourth-order valence-corrected chi connectivity index (χ4v) is 2.58. The maximum absolute atomic E-state index is 11.9. The lowest BCUT2D eigenvalue weighted by atomic mass is 10.3. The van der Waals surface area contributed by atoms with E-state index in [4.69, 9.17) is 4.74 Å². The van der Waals surface area contributed by atoms with Gasteiger partial charge < -0.3 is 9.47 Å². The van der Waals surface area contributed by atoms with Crippen molar-refractivity contribution in [3.63, 3.8) is 0 Å². The Labute approximate surface area is 119 Å². The second-order valence-electron chi connectivity index (χ2n) is 3.98. The topological polar surface area (TPSA) is 81.7 Å². The normalized spacial score (nSPS) is 11.1. The van der Waals surface area contributed by atoms with Crippen LogP contribution in [0.25, 0.3) is 0 Å². The second-order valence-corrected chi connectivity index (χ2v) is 5.75. The van der Waals surface area contributed by atoms with E-state index < -0.39 is 10.0 Å². The largest absolute Gasteiger partial charge is 0.494 e. The van der Waals surface area contributed by atoms with Crippen LogP contribution in [-0.4, -0.2) is 34.6 Å². The number of hydrogen-bond acceptors (Lipinski definition) is 5. The van der Waals surface area contributed by atoms with Gasteiger partial charge in [0.25, 0.3) is 0 Å². The number of methoxy groups -OCH3 is 1. The van der Waals surface area contributed by atoms with E-state index in [1.807, 2.05) is 6.92 Å². The molecule has 0 radical (unpaired) electrons. The number of hydrogen-bond donors (Lipinski definition) is 1. The molecular weight excluding hydrogens is 282 g/mol. The Kier molecular flexibility index (Phi) is 6.47. The number of sulfonamides is 1. The molecule has 0 atom stereocenters. The van der Waals surface area contributed by atoms with Gasteiger partial charge in [-0.25, -0.2) is 13.1 Å². The number of benzene rings is 1. The molecule has 0 amide bonds. The lowest BCUT2D eigenvalue weighted by Gasteiger charge is -2.07. The molecule has 6 nitrogen and oxygen atoms in total. The summed E-state index contributed by atoms with van der Waals surface area (Å²) in [6.07, 6.45) is 0.575. The molecule has 7 heteroatoms. The van der Waals surface area contributed by atoms with E-state index >= 15 is 0 Å². The van der Waals surface area contributed by atoms with Crippen LogP contribution < -0.4 is 9.46 Å². The van der Waals surface area contributed by atoms with Crippen molar-refractivity contribution in [3.8, 4) is 5.75 Å². The SMILES string of the molecule is CCOc1ccc(S(=O)(=O)NCCCC(=O)OC)cc1. The minimum absolute atomic E-state index is 0.166. The molecule has 0 bridgehead atoms. The molecule has 112 valence electrons. The Morgan fingerprint density at radius 3 is 2.45 bits per heavy atom. The minimum atomic E-state index is -3.55. The van der Waals surface area contributed by atoms with Crippen molar-refractivity contribution >= 4 is 16.0 Å². The van der Waals surface area contributed by atoms with Crippen LogP contribution in [0.15, 0.2) is 29.2 Å². The van der Waals surface area contributed by atoms with Crippen molar-refractivity contribution in [2.75, 3.05) is 20.3 Å². The summed E-state index contributed by atoms with van der Waals surface area (Å²) < 4.78 is 36.0. The van der Waals surface area contributed by atoms with Crippen LogP contribution in [0.2, 0.25) is 0 Å². The van der Waals surface area contributed by atoms with Crippen LogP contribution in [0.1, 0.15) is 19.8 Å². The minimum Gasteiger partial charge on any atom is -0.494 e. The smallest absolute Gasteiger partial charge is 0.305 e. The van der Waals surface area contributed by atoms with Crippen molar-refractivity contribution in [1.29, 1.82) is 0 Å². The standard InChI is InChI=1S/C13H19NO5S/c1-3-19-11-6-8-12(9-7-11)20(16,17)14-10-4-5-13(15)18-2/h6-9,14H,3-5,10H2,1-2H3. The Hall–Kier alpha value is -1.60. The van der Waals surface area contributed by atoms with Crippen molar-refractivity contribution in [2.45, 2.75) is 24.7 Å². The quantitative estimate of drug-likeness (QED) is 0.578. The maximum Gasteiger partial charge on any atom is 0.305 e. The molecule has 20 heavy (non-hydrogen) atoms. The lowest BCUT2D eigenvalue weighted by molar-refractivity contribution is -0.140. The average Bonchev–Trinajstić information content (AvgIpc) is 2.44. The molecule has 0 fully saturated rings. The summed E-state index contributed by atoms with van der Waals surface area (Å²) in [6.45, 7) is 2.57. The van der Waals surface area contributed by atoms with Crippen LogP contribution in [0, 0.1) is 0 Å². The first-order valence-electron chi connectivity index (χ1n) is 6.29. The van der Waals surface area contributed by atoms with E-state index in [0.717, 1.165) is 0 Å². The fourth-order valence-electron chi connectivity index (χ4n) is 1.51. The molecule has 0 aliphatic heterocycles. The third-order valence-corrected chi connectivity index (χ3v) is 4.00.